The van der Waals surface area contributed by atoms with Gasteiger partial charge in [-0.3, -0.25) is 0 Å². The van der Waals surface area contributed by atoms with E-state index in [1.165, 1.54) is 0 Å². The predicted molar refractivity (Wildman–Crippen MR) is 234 cm³/mol. The summed E-state index contributed by atoms with van der Waals surface area (Å²) in [7, 11) is 0. The van der Waals surface area contributed by atoms with Crippen molar-refractivity contribution in [2.45, 2.75) is 0 Å². The fraction of sp³-hybridized carbons (Fsp3) is 0. The minimum atomic E-state index is 0.576. The number of rotatable bonds is 5. The molecule has 6 heteroatoms. The smallest absolute Gasteiger partial charge is 0.164 e. The first-order valence-electron chi connectivity index (χ1n) is 19.3. The van der Waals surface area contributed by atoms with Crippen molar-refractivity contribution in [3.8, 4) is 56.5 Å². The second kappa shape index (κ2) is 12.8. The number of fused-ring (bicyclic) bond motifs is 10. The minimum absolute atomic E-state index is 0.576. The first-order valence-corrected chi connectivity index (χ1v) is 19.3. The van der Waals surface area contributed by atoms with Crippen LogP contribution in [0.2, 0.25) is 0 Å². The molecule has 0 atom stereocenters. The number of aromatic nitrogens is 4. The zero-order valence-corrected chi connectivity index (χ0v) is 30.9. The van der Waals surface area contributed by atoms with Gasteiger partial charge in [0.15, 0.2) is 17.5 Å². The van der Waals surface area contributed by atoms with Crippen LogP contribution in [0.1, 0.15) is 0 Å². The molecule has 4 aromatic heterocycles. The zero-order valence-electron chi connectivity index (χ0n) is 30.9. The fourth-order valence-electron chi connectivity index (χ4n) is 8.45. The Hall–Kier alpha value is -7.96. The van der Waals surface area contributed by atoms with Crippen molar-refractivity contribution in [3.63, 3.8) is 0 Å². The third-order valence-electron chi connectivity index (χ3n) is 11.1. The number of hydrogen-bond donors (Lipinski definition) is 0. The van der Waals surface area contributed by atoms with E-state index in [1.54, 1.807) is 0 Å². The summed E-state index contributed by atoms with van der Waals surface area (Å²) < 4.78 is 13.3. The van der Waals surface area contributed by atoms with E-state index < -0.39 is 0 Å². The molecule has 0 saturated heterocycles. The largest absolute Gasteiger partial charge is 0.456 e. The molecule has 0 bridgehead atoms. The molecule has 270 valence electrons. The van der Waals surface area contributed by atoms with E-state index in [9.17, 15) is 0 Å². The van der Waals surface area contributed by atoms with E-state index in [0.29, 0.717) is 17.5 Å². The molecule has 0 radical (unpaired) electrons. The van der Waals surface area contributed by atoms with Crippen molar-refractivity contribution in [1.82, 2.24) is 19.9 Å². The van der Waals surface area contributed by atoms with Crippen molar-refractivity contribution in [2.75, 3.05) is 0 Å². The van der Waals surface area contributed by atoms with Crippen LogP contribution in [-0.4, -0.2) is 19.9 Å². The standard InChI is InChI=1S/C52H30N4O2/c1-4-14-31(15-5-1)47-41-28-29-43-46(39-20-10-11-25-42(39)57-43)45(41)40-24-12-21-36(48(40)53-47)38-23-13-22-37-35-27-26-34(30-44(35)58-49(37)38)52-55-50(32-16-6-2-7-17-32)54-51(56-52)33-18-8-3-9-19-33/h1-30H. The SMILES string of the molecule is c1ccc(-c2nc(-c3ccccc3)nc(-c3ccc4c(c3)oc3c(-c5cccc6c5nc(-c5ccccc5)c5ccc7oc8ccccc8c7c56)cccc34)n2)cc1. The Bertz CT molecular complexity index is 3500. The highest BCUT2D eigenvalue weighted by Crippen LogP contribution is 2.45. The monoisotopic (exact) mass is 742 g/mol. The molecule has 0 aliphatic rings. The molecule has 0 fully saturated rings. The van der Waals surface area contributed by atoms with Crippen molar-refractivity contribution < 1.29 is 8.83 Å². The molecule has 8 aromatic carbocycles. The maximum absolute atomic E-state index is 6.88. The highest BCUT2D eigenvalue weighted by molar-refractivity contribution is 6.29. The Kier molecular flexibility index (Phi) is 7.13. The molecule has 0 aliphatic carbocycles. The molecular weight excluding hydrogens is 713 g/mol. The fourth-order valence-corrected chi connectivity index (χ4v) is 8.45. The van der Waals surface area contributed by atoms with Gasteiger partial charge in [0.05, 0.1) is 11.2 Å². The molecule has 12 aromatic rings. The maximum Gasteiger partial charge on any atom is 0.164 e. The highest BCUT2D eigenvalue weighted by Gasteiger charge is 2.21. The molecule has 0 unspecified atom stereocenters. The van der Waals surface area contributed by atoms with Gasteiger partial charge in [-0.05, 0) is 30.3 Å². The second-order valence-corrected chi connectivity index (χ2v) is 14.5. The topological polar surface area (TPSA) is 77.8 Å². The van der Waals surface area contributed by atoms with Crippen molar-refractivity contribution in [1.29, 1.82) is 0 Å². The number of nitrogens with zero attached hydrogens (tertiary/aromatic N) is 4. The van der Waals surface area contributed by atoms with Crippen molar-refractivity contribution in [2.24, 2.45) is 0 Å². The lowest BCUT2D eigenvalue weighted by atomic mass is 9.93. The molecular formula is C52H30N4O2. The first-order chi connectivity index (χ1) is 28.7. The Morgan fingerprint density at radius 2 is 0.897 bits per heavy atom. The molecule has 0 amide bonds. The van der Waals surface area contributed by atoms with Crippen LogP contribution in [0.15, 0.2) is 191 Å². The summed E-state index contributed by atoms with van der Waals surface area (Å²) in [4.78, 5) is 20.3. The van der Waals surface area contributed by atoms with Gasteiger partial charge in [0.1, 0.15) is 22.3 Å². The van der Waals surface area contributed by atoms with E-state index in [2.05, 4.69) is 97.1 Å². The van der Waals surface area contributed by atoms with Gasteiger partial charge >= 0.3 is 0 Å². The molecule has 58 heavy (non-hydrogen) atoms. The van der Waals surface area contributed by atoms with E-state index in [0.717, 1.165) is 105 Å². The molecule has 4 heterocycles. The Morgan fingerprint density at radius 1 is 0.310 bits per heavy atom. The van der Waals surface area contributed by atoms with E-state index in [4.69, 9.17) is 28.8 Å². The maximum atomic E-state index is 6.88. The lowest BCUT2D eigenvalue weighted by Crippen LogP contribution is -2.00. The van der Waals surface area contributed by atoms with Gasteiger partial charge in [-0.15, -0.1) is 0 Å². The summed E-state index contributed by atoms with van der Waals surface area (Å²) in [6.07, 6.45) is 0. The molecule has 0 N–H and O–H groups in total. The van der Waals surface area contributed by atoms with Gasteiger partial charge in [-0.2, -0.15) is 0 Å². The summed E-state index contributed by atoms with van der Waals surface area (Å²) in [6.45, 7) is 0. The highest BCUT2D eigenvalue weighted by atomic mass is 16.3. The quantitative estimate of drug-likeness (QED) is 0.163. The Morgan fingerprint density at radius 3 is 1.62 bits per heavy atom. The van der Waals surface area contributed by atoms with E-state index >= 15 is 0 Å². The second-order valence-electron chi connectivity index (χ2n) is 14.5. The number of para-hydroxylation sites is 3. The van der Waals surface area contributed by atoms with Gasteiger partial charge in [0.25, 0.3) is 0 Å². The van der Waals surface area contributed by atoms with Crippen molar-refractivity contribution >= 4 is 65.6 Å². The molecule has 12 rings (SSSR count). The number of hydrogen-bond acceptors (Lipinski definition) is 6. The van der Waals surface area contributed by atoms with Crippen molar-refractivity contribution in [3.05, 3.63) is 182 Å². The number of pyridine rings is 1. The first kappa shape index (κ1) is 32.3. The van der Waals surface area contributed by atoms with Gasteiger partial charge in [-0.25, -0.2) is 19.9 Å². The van der Waals surface area contributed by atoms with Gasteiger partial charge in [-0.1, -0.05) is 152 Å². The summed E-state index contributed by atoms with van der Waals surface area (Å²) >= 11 is 0. The van der Waals surface area contributed by atoms with Crippen LogP contribution in [0, 0.1) is 0 Å². The molecule has 0 saturated carbocycles. The number of benzene rings is 8. The average Bonchev–Trinajstić information content (AvgIpc) is 3.87. The van der Waals surface area contributed by atoms with Gasteiger partial charge in [0.2, 0.25) is 0 Å². The van der Waals surface area contributed by atoms with Crippen LogP contribution < -0.4 is 0 Å². The lowest BCUT2D eigenvalue weighted by molar-refractivity contribution is 0.669. The normalized spacial score (nSPS) is 11.8. The Labute approximate surface area is 331 Å². The van der Waals surface area contributed by atoms with E-state index in [-0.39, 0.29) is 0 Å². The third-order valence-corrected chi connectivity index (χ3v) is 11.1. The summed E-state index contributed by atoms with van der Waals surface area (Å²) in [5.74, 6) is 1.80. The average molecular weight is 743 g/mol. The molecule has 0 aliphatic heterocycles. The third kappa shape index (κ3) is 5.05. The Balaban J connectivity index is 1.08. The number of furan rings is 2. The van der Waals surface area contributed by atoms with Crippen LogP contribution in [0.25, 0.3) is 122 Å². The zero-order chi connectivity index (χ0) is 38.2. The molecule has 0 spiro atoms. The van der Waals surface area contributed by atoms with Crippen LogP contribution in [0.3, 0.4) is 0 Å². The predicted octanol–water partition coefficient (Wildman–Crippen LogP) is 13.7. The minimum Gasteiger partial charge on any atom is -0.456 e. The summed E-state index contributed by atoms with van der Waals surface area (Å²) in [6, 6.07) is 62.0. The van der Waals surface area contributed by atoms with Gasteiger partial charge in [0, 0.05) is 71.1 Å². The van der Waals surface area contributed by atoms with Crippen LogP contribution in [0.4, 0.5) is 0 Å². The van der Waals surface area contributed by atoms with Crippen LogP contribution in [0.5, 0.6) is 0 Å². The summed E-state index contributed by atoms with van der Waals surface area (Å²) in [5, 5.41) is 7.46. The van der Waals surface area contributed by atoms with Gasteiger partial charge < -0.3 is 8.83 Å². The summed E-state index contributed by atoms with van der Waals surface area (Å²) in [5.41, 5.74) is 10.8. The van der Waals surface area contributed by atoms with E-state index in [1.807, 2.05) is 84.9 Å². The molecule has 6 nitrogen and oxygen atoms in total. The van der Waals surface area contributed by atoms with Crippen LogP contribution in [-0.2, 0) is 0 Å². The van der Waals surface area contributed by atoms with Crippen LogP contribution >= 0.6 is 0 Å². The lowest BCUT2D eigenvalue weighted by Gasteiger charge is -2.14.